The van der Waals surface area contributed by atoms with E-state index in [1.807, 2.05) is 31.2 Å². The first-order valence-corrected chi connectivity index (χ1v) is 8.01. The minimum Gasteiger partial charge on any atom is -0.377 e. The third-order valence-corrected chi connectivity index (χ3v) is 4.32. The van der Waals surface area contributed by atoms with E-state index in [4.69, 9.17) is 4.74 Å². The molecule has 0 saturated carbocycles. The smallest absolute Gasteiger partial charge is 0.272 e. The lowest BCUT2D eigenvalue weighted by atomic mass is 10.1. The summed E-state index contributed by atoms with van der Waals surface area (Å²) in [6.07, 6.45) is 0. The van der Waals surface area contributed by atoms with Crippen molar-refractivity contribution in [3.05, 3.63) is 58.1 Å². The van der Waals surface area contributed by atoms with Gasteiger partial charge in [0, 0.05) is 11.5 Å². The number of hydrogen-bond donors (Lipinski definition) is 2. The van der Waals surface area contributed by atoms with Gasteiger partial charge in [0.15, 0.2) is 5.69 Å². The van der Waals surface area contributed by atoms with Crippen LogP contribution in [0.2, 0.25) is 0 Å². The number of H-pyrrole nitrogens is 1. The molecule has 0 radical (unpaired) electrons. The molecule has 2 N–H and O–H groups in total. The fraction of sp³-hybridized carbons (Fsp3) is 0.294. The van der Waals surface area contributed by atoms with Crippen LogP contribution in [0, 0.1) is 6.92 Å². The highest BCUT2D eigenvalue weighted by molar-refractivity contribution is 6.04. The average molecular weight is 339 g/mol. The first kappa shape index (κ1) is 15.5. The van der Waals surface area contributed by atoms with Gasteiger partial charge in [-0.25, -0.2) is 4.68 Å². The lowest BCUT2D eigenvalue weighted by Crippen LogP contribution is -2.44. The van der Waals surface area contributed by atoms with E-state index in [0.29, 0.717) is 18.9 Å². The number of fused-ring (bicyclic) bond motifs is 1. The molecule has 1 amide bonds. The molecule has 2 atom stereocenters. The van der Waals surface area contributed by atoms with Crippen molar-refractivity contribution in [2.24, 2.45) is 0 Å². The van der Waals surface area contributed by atoms with E-state index in [0.717, 1.165) is 16.6 Å². The number of aryl methyl sites for hydroxylation is 1. The number of carbonyl (C=O) groups excluding carboxylic acids is 1. The molecule has 1 aromatic carbocycles. The highest BCUT2D eigenvalue weighted by atomic mass is 16.5. The Morgan fingerprint density at radius 3 is 3.00 bits per heavy atom. The summed E-state index contributed by atoms with van der Waals surface area (Å²) in [4.78, 5) is 24.8. The van der Waals surface area contributed by atoms with Crippen molar-refractivity contribution in [3.63, 3.8) is 0 Å². The number of para-hydroxylation sites is 1. The van der Waals surface area contributed by atoms with Crippen LogP contribution in [0.1, 0.15) is 22.2 Å². The van der Waals surface area contributed by atoms with Gasteiger partial charge in [-0.3, -0.25) is 14.7 Å². The molecule has 1 aliphatic rings. The molecule has 3 heterocycles. The molecule has 0 aliphatic carbocycles. The Bertz CT molecular complexity index is 993. The van der Waals surface area contributed by atoms with E-state index >= 15 is 0 Å². The Kier molecular flexibility index (Phi) is 3.81. The van der Waals surface area contributed by atoms with Gasteiger partial charge >= 0.3 is 0 Å². The van der Waals surface area contributed by atoms with Crippen LogP contribution in [0.5, 0.6) is 0 Å². The quantitative estimate of drug-likeness (QED) is 0.735. The molecule has 1 fully saturated rings. The number of rotatable bonds is 3. The van der Waals surface area contributed by atoms with Gasteiger partial charge in [-0.15, -0.1) is 0 Å². The standard InChI is InChI=1S/C17H17N5O3/c1-10-6-7-15(23)22(21-10)14-9-25-8-13(14)18-17(24)16-11-4-2-3-5-12(11)19-20-16/h2-7,13-14H,8-9H2,1H3,(H,18,24)(H,19,20). The molecule has 8 heteroatoms. The van der Waals surface area contributed by atoms with Crippen LogP contribution in [0.3, 0.4) is 0 Å². The van der Waals surface area contributed by atoms with Gasteiger partial charge in [0.25, 0.3) is 11.5 Å². The zero-order valence-electron chi connectivity index (χ0n) is 13.6. The van der Waals surface area contributed by atoms with Crippen molar-refractivity contribution in [2.45, 2.75) is 19.0 Å². The lowest BCUT2D eigenvalue weighted by molar-refractivity contribution is 0.0921. The molecule has 8 nitrogen and oxygen atoms in total. The zero-order chi connectivity index (χ0) is 17.4. The molecule has 4 rings (SSSR count). The number of aromatic nitrogens is 4. The van der Waals surface area contributed by atoms with Crippen LogP contribution in [0.4, 0.5) is 0 Å². The van der Waals surface area contributed by atoms with Crippen molar-refractivity contribution in [1.29, 1.82) is 0 Å². The Morgan fingerprint density at radius 1 is 1.28 bits per heavy atom. The fourth-order valence-electron chi connectivity index (χ4n) is 3.05. The predicted molar refractivity (Wildman–Crippen MR) is 90.4 cm³/mol. The number of ether oxygens (including phenoxy) is 1. The fourth-order valence-corrected chi connectivity index (χ4v) is 3.05. The molecular formula is C17H17N5O3. The minimum absolute atomic E-state index is 0.217. The first-order valence-electron chi connectivity index (χ1n) is 8.01. The molecule has 1 saturated heterocycles. The second kappa shape index (κ2) is 6.14. The summed E-state index contributed by atoms with van der Waals surface area (Å²) < 4.78 is 6.87. The Labute approximate surface area is 142 Å². The summed E-state index contributed by atoms with van der Waals surface area (Å²) in [6, 6.07) is 9.86. The van der Waals surface area contributed by atoms with E-state index in [9.17, 15) is 9.59 Å². The highest BCUT2D eigenvalue weighted by Gasteiger charge is 2.33. The van der Waals surface area contributed by atoms with Crippen LogP contribution >= 0.6 is 0 Å². The monoisotopic (exact) mass is 339 g/mol. The van der Waals surface area contributed by atoms with Gasteiger partial charge in [0.2, 0.25) is 0 Å². The van der Waals surface area contributed by atoms with E-state index in [1.54, 1.807) is 6.07 Å². The lowest BCUT2D eigenvalue weighted by Gasteiger charge is -2.20. The number of hydrogen-bond acceptors (Lipinski definition) is 5. The molecule has 0 spiro atoms. The molecular weight excluding hydrogens is 322 g/mol. The number of nitrogens with zero attached hydrogens (tertiary/aromatic N) is 3. The molecule has 128 valence electrons. The van der Waals surface area contributed by atoms with Gasteiger partial charge < -0.3 is 10.1 Å². The van der Waals surface area contributed by atoms with Crippen molar-refractivity contribution < 1.29 is 9.53 Å². The zero-order valence-corrected chi connectivity index (χ0v) is 13.6. The summed E-state index contributed by atoms with van der Waals surface area (Å²) in [5.74, 6) is -0.307. The molecule has 3 aromatic rings. The molecule has 25 heavy (non-hydrogen) atoms. The van der Waals surface area contributed by atoms with Crippen LogP contribution in [0.15, 0.2) is 41.2 Å². The second-order valence-electron chi connectivity index (χ2n) is 6.06. The van der Waals surface area contributed by atoms with E-state index in [-0.39, 0.29) is 23.6 Å². The topological polar surface area (TPSA) is 102 Å². The van der Waals surface area contributed by atoms with E-state index < -0.39 is 0 Å². The molecule has 0 bridgehead atoms. The summed E-state index contributed by atoms with van der Waals surface area (Å²) in [7, 11) is 0. The summed E-state index contributed by atoms with van der Waals surface area (Å²) in [6.45, 7) is 2.46. The first-order chi connectivity index (χ1) is 12.1. The Hall–Kier alpha value is -3.00. The molecule has 1 aliphatic heterocycles. The van der Waals surface area contributed by atoms with Crippen molar-refractivity contribution in [2.75, 3.05) is 13.2 Å². The highest BCUT2D eigenvalue weighted by Crippen LogP contribution is 2.19. The average Bonchev–Trinajstić information content (AvgIpc) is 3.23. The van der Waals surface area contributed by atoms with Crippen LogP contribution in [-0.2, 0) is 4.74 Å². The van der Waals surface area contributed by atoms with Gasteiger partial charge in [-0.1, -0.05) is 18.2 Å². The molecule has 2 unspecified atom stereocenters. The molecule has 2 aromatic heterocycles. The number of benzene rings is 1. The van der Waals surface area contributed by atoms with Crippen molar-refractivity contribution >= 4 is 16.8 Å². The van der Waals surface area contributed by atoms with E-state index in [1.165, 1.54) is 10.7 Å². The number of amides is 1. The number of aromatic amines is 1. The van der Waals surface area contributed by atoms with E-state index in [2.05, 4.69) is 20.6 Å². The second-order valence-corrected chi connectivity index (χ2v) is 6.06. The van der Waals surface area contributed by atoms with Gasteiger partial charge in [0.1, 0.15) is 6.04 Å². The Morgan fingerprint density at radius 2 is 2.12 bits per heavy atom. The normalized spacial score (nSPS) is 20.0. The third kappa shape index (κ3) is 2.80. The maximum atomic E-state index is 12.6. The summed E-state index contributed by atoms with van der Waals surface area (Å²) >= 11 is 0. The maximum absolute atomic E-state index is 12.6. The van der Waals surface area contributed by atoms with Crippen LogP contribution in [-0.4, -0.2) is 45.1 Å². The van der Waals surface area contributed by atoms with Crippen LogP contribution in [0.25, 0.3) is 10.9 Å². The van der Waals surface area contributed by atoms with Crippen molar-refractivity contribution in [1.82, 2.24) is 25.3 Å². The predicted octanol–water partition coefficient (Wildman–Crippen LogP) is 0.798. The summed E-state index contributed by atoms with van der Waals surface area (Å²) in [5.41, 5.74) is 1.63. The largest absolute Gasteiger partial charge is 0.377 e. The third-order valence-electron chi connectivity index (χ3n) is 4.32. The maximum Gasteiger partial charge on any atom is 0.272 e. The SMILES string of the molecule is Cc1ccc(=O)n(C2COCC2NC(=O)c2n[nH]c3ccccc23)n1. The van der Waals surface area contributed by atoms with Crippen LogP contribution < -0.4 is 10.9 Å². The van der Waals surface area contributed by atoms with Crippen molar-refractivity contribution in [3.8, 4) is 0 Å². The minimum atomic E-state index is -0.352. The van der Waals surface area contributed by atoms with Gasteiger partial charge in [0.05, 0.1) is 30.5 Å². The van der Waals surface area contributed by atoms with Gasteiger partial charge in [-0.2, -0.15) is 10.2 Å². The number of nitrogens with one attached hydrogen (secondary N) is 2. The Balaban J connectivity index is 1.60. The van der Waals surface area contributed by atoms with Gasteiger partial charge in [-0.05, 0) is 19.1 Å². The number of carbonyl (C=O) groups is 1. The summed E-state index contributed by atoms with van der Waals surface area (Å²) in [5, 5.41) is 14.9.